The van der Waals surface area contributed by atoms with Crippen molar-refractivity contribution in [2.75, 3.05) is 6.54 Å². The lowest BCUT2D eigenvalue weighted by atomic mass is 9.91. The van der Waals surface area contributed by atoms with Gasteiger partial charge in [0.25, 0.3) is 5.91 Å². The normalized spacial score (nSPS) is 22.5. The summed E-state index contributed by atoms with van der Waals surface area (Å²) in [6.45, 7) is 5.16. The molecule has 0 radical (unpaired) electrons. The van der Waals surface area contributed by atoms with Crippen molar-refractivity contribution in [3.8, 4) is 0 Å². The molecule has 3 rings (SSSR count). The number of hydrogen-bond donors (Lipinski definition) is 0. The lowest BCUT2D eigenvalue weighted by Gasteiger charge is -2.38. The number of benzene rings is 1. The summed E-state index contributed by atoms with van der Waals surface area (Å²) in [5, 5.41) is 2.16. The Morgan fingerprint density at radius 1 is 1.29 bits per heavy atom. The fourth-order valence-electron chi connectivity index (χ4n) is 3.11. The maximum atomic E-state index is 12.9. The quantitative estimate of drug-likeness (QED) is 0.741. The largest absolute Gasteiger partial charge is 0.336 e. The van der Waals surface area contributed by atoms with Gasteiger partial charge in [0, 0.05) is 24.2 Å². The number of hydrogen-bond acceptors (Lipinski definition) is 2. The van der Waals surface area contributed by atoms with E-state index in [1.807, 2.05) is 29.2 Å². The summed E-state index contributed by atoms with van der Waals surface area (Å²) in [7, 11) is 0. The topological polar surface area (TPSA) is 33.2 Å². The van der Waals surface area contributed by atoms with Crippen molar-refractivity contribution in [2.45, 2.75) is 32.7 Å². The number of amides is 1. The minimum absolute atomic E-state index is 0.0643. The molecule has 2 aromatic rings. The van der Waals surface area contributed by atoms with Crippen LogP contribution in [0.5, 0.6) is 0 Å². The predicted molar refractivity (Wildman–Crippen MR) is 85.6 cm³/mol. The Balaban J connectivity index is 2.04. The Hall–Kier alpha value is -1.61. The molecule has 1 fully saturated rings. The number of carbonyl (C=O) groups excluding carboxylic acids is 1. The van der Waals surface area contributed by atoms with Gasteiger partial charge in [-0.3, -0.25) is 4.79 Å². The van der Waals surface area contributed by atoms with Crippen molar-refractivity contribution in [3.63, 3.8) is 0 Å². The highest BCUT2D eigenvalue weighted by Gasteiger charge is 2.30. The van der Waals surface area contributed by atoms with Gasteiger partial charge in [0.1, 0.15) is 5.15 Å². The molecule has 1 aromatic heterocycles. The zero-order chi connectivity index (χ0) is 15.0. The molecule has 2 unspecified atom stereocenters. The Kier molecular flexibility index (Phi) is 3.85. The van der Waals surface area contributed by atoms with Gasteiger partial charge in [-0.2, -0.15) is 0 Å². The van der Waals surface area contributed by atoms with E-state index >= 15 is 0 Å². The van der Waals surface area contributed by atoms with E-state index in [2.05, 4.69) is 18.8 Å². The van der Waals surface area contributed by atoms with Gasteiger partial charge in [0.2, 0.25) is 0 Å². The third kappa shape index (κ3) is 2.51. The Morgan fingerprint density at radius 3 is 2.76 bits per heavy atom. The van der Waals surface area contributed by atoms with Crippen LogP contribution in [-0.2, 0) is 0 Å². The maximum absolute atomic E-state index is 12.9. The second-order valence-corrected chi connectivity index (χ2v) is 6.22. The van der Waals surface area contributed by atoms with E-state index in [1.165, 1.54) is 6.42 Å². The van der Waals surface area contributed by atoms with Crippen LogP contribution in [0.4, 0.5) is 0 Å². The predicted octanol–water partition coefficient (Wildman–Crippen LogP) is 4.15. The first kappa shape index (κ1) is 14.3. The van der Waals surface area contributed by atoms with Crippen molar-refractivity contribution in [2.24, 2.45) is 5.92 Å². The molecular weight excluding hydrogens is 284 g/mol. The first-order chi connectivity index (χ1) is 10.1. The van der Waals surface area contributed by atoms with Gasteiger partial charge in [-0.25, -0.2) is 4.98 Å². The molecular formula is C17H19ClN2O. The van der Waals surface area contributed by atoms with Crippen LogP contribution < -0.4 is 0 Å². The van der Waals surface area contributed by atoms with E-state index in [9.17, 15) is 4.79 Å². The number of pyridine rings is 1. The SMILES string of the molecule is CC1CCCN(C(=O)c2cnc(Cl)c3ccccc23)C1C. The standard InChI is InChI=1S/C17H19ClN2O/c1-11-6-5-9-20(12(11)2)17(21)15-10-19-16(18)14-8-4-3-7-13(14)15/h3-4,7-8,10-12H,5-6,9H2,1-2H3. The lowest BCUT2D eigenvalue weighted by Crippen LogP contribution is -2.46. The summed E-state index contributed by atoms with van der Waals surface area (Å²) in [6.07, 6.45) is 3.86. The monoisotopic (exact) mass is 302 g/mol. The average Bonchev–Trinajstić information content (AvgIpc) is 2.50. The average molecular weight is 303 g/mol. The molecule has 0 spiro atoms. The number of aromatic nitrogens is 1. The number of fused-ring (bicyclic) bond motifs is 1. The number of likely N-dealkylation sites (tertiary alicyclic amines) is 1. The number of nitrogens with zero attached hydrogens (tertiary/aromatic N) is 2. The first-order valence-corrected chi connectivity index (χ1v) is 7.81. The van der Waals surface area contributed by atoms with E-state index in [4.69, 9.17) is 11.6 Å². The maximum Gasteiger partial charge on any atom is 0.256 e. The molecule has 1 saturated heterocycles. The molecule has 1 aliphatic rings. The van der Waals surface area contributed by atoms with Gasteiger partial charge in [0.05, 0.1) is 5.56 Å². The summed E-state index contributed by atoms with van der Waals surface area (Å²) < 4.78 is 0. The fraction of sp³-hybridized carbons (Fsp3) is 0.412. The lowest BCUT2D eigenvalue weighted by molar-refractivity contribution is 0.0552. The minimum Gasteiger partial charge on any atom is -0.336 e. The van der Waals surface area contributed by atoms with E-state index in [0.29, 0.717) is 16.6 Å². The molecule has 0 N–H and O–H groups in total. The van der Waals surface area contributed by atoms with E-state index < -0.39 is 0 Å². The number of piperidine rings is 1. The van der Waals surface area contributed by atoms with E-state index in [-0.39, 0.29) is 11.9 Å². The van der Waals surface area contributed by atoms with Gasteiger partial charge in [-0.15, -0.1) is 0 Å². The van der Waals surface area contributed by atoms with Crippen LogP contribution in [-0.4, -0.2) is 28.4 Å². The molecule has 4 heteroatoms. The Bertz CT molecular complexity index is 686. The van der Waals surface area contributed by atoms with Crippen LogP contribution in [0.2, 0.25) is 5.15 Å². The van der Waals surface area contributed by atoms with Crippen LogP contribution in [0.15, 0.2) is 30.5 Å². The molecule has 0 bridgehead atoms. The van der Waals surface area contributed by atoms with Crippen molar-refractivity contribution in [1.29, 1.82) is 0 Å². The number of halogens is 1. The molecule has 1 aromatic carbocycles. The molecule has 2 atom stereocenters. The van der Waals surface area contributed by atoms with Crippen molar-refractivity contribution >= 4 is 28.3 Å². The second-order valence-electron chi connectivity index (χ2n) is 5.87. The van der Waals surface area contributed by atoms with Crippen LogP contribution in [0.25, 0.3) is 10.8 Å². The zero-order valence-electron chi connectivity index (χ0n) is 12.3. The Morgan fingerprint density at radius 2 is 2.00 bits per heavy atom. The smallest absolute Gasteiger partial charge is 0.256 e. The molecule has 0 saturated carbocycles. The van der Waals surface area contributed by atoms with Crippen LogP contribution in [0, 0.1) is 5.92 Å². The number of rotatable bonds is 1. The Labute approximate surface area is 129 Å². The van der Waals surface area contributed by atoms with Gasteiger partial charge in [-0.05, 0) is 31.1 Å². The molecule has 21 heavy (non-hydrogen) atoms. The highest BCUT2D eigenvalue weighted by molar-refractivity contribution is 6.34. The highest BCUT2D eigenvalue weighted by Crippen LogP contribution is 2.28. The summed E-state index contributed by atoms with van der Waals surface area (Å²) in [5.74, 6) is 0.601. The van der Waals surface area contributed by atoms with E-state index in [1.54, 1.807) is 6.20 Å². The van der Waals surface area contributed by atoms with E-state index in [0.717, 1.165) is 23.7 Å². The molecule has 1 amide bonds. The van der Waals surface area contributed by atoms with Gasteiger partial charge >= 0.3 is 0 Å². The van der Waals surface area contributed by atoms with Gasteiger partial charge in [-0.1, -0.05) is 42.8 Å². The minimum atomic E-state index is 0.0643. The molecule has 1 aliphatic heterocycles. The fourth-order valence-corrected chi connectivity index (χ4v) is 3.32. The third-order valence-corrected chi connectivity index (χ3v) is 4.91. The first-order valence-electron chi connectivity index (χ1n) is 7.44. The molecule has 2 heterocycles. The highest BCUT2D eigenvalue weighted by atomic mass is 35.5. The van der Waals surface area contributed by atoms with Crippen LogP contribution in [0.3, 0.4) is 0 Å². The van der Waals surface area contributed by atoms with Crippen LogP contribution >= 0.6 is 11.6 Å². The molecule has 3 nitrogen and oxygen atoms in total. The summed E-state index contributed by atoms with van der Waals surface area (Å²) in [4.78, 5) is 19.1. The van der Waals surface area contributed by atoms with Crippen molar-refractivity contribution in [3.05, 3.63) is 41.2 Å². The zero-order valence-corrected chi connectivity index (χ0v) is 13.1. The summed E-state index contributed by atoms with van der Waals surface area (Å²) >= 11 is 6.14. The number of carbonyl (C=O) groups is 1. The van der Waals surface area contributed by atoms with Crippen molar-refractivity contribution in [1.82, 2.24) is 9.88 Å². The van der Waals surface area contributed by atoms with Crippen LogP contribution in [0.1, 0.15) is 37.0 Å². The third-order valence-electron chi connectivity index (χ3n) is 4.61. The molecule has 0 aliphatic carbocycles. The second kappa shape index (κ2) is 5.64. The van der Waals surface area contributed by atoms with Gasteiger partial charge in [0.15, 0.2) is 0 Å². The van der Waals surface area contributed by atoms with Crippen molar-refractivity contribution < 1.29 is 4.79 Å². The summed E-state index contributed by atoms with van der Waals surface area (Å²) in [5.41, 5.74) is 0.649. The van der Waals surface area contributed by atoms with Gasteiger partial charge < -0.3 is 4.90 Å². The summed E-state index contributed by atoms with van der Waals surface area (Å²) in [6, 6.07) is 7.95. The molecule has 110 valence electrons.